The van der Waals surface area contributed by atoms with Crippen molar-refractivity contribution in [3.05, 3.63) is 57.9 Å². The van der Waals surface area contributed by atoms with E-state index in [2.05, 4.69) is 16.0 Å². The van der Waals surface area contributed by atoms with Gasteiger partial charge in [0.15, 0.2) is 0 Å². The van der Waals surface area contributed by atoms with E-state index in [-0.39, 0.29) is 25.0 Å². The fourth-order valence-corrected chi connectivity index (χ4v) is 5.88. The molecule has 0 unspecified atom stereocenters. The molecule has 1 aliphatic heterocycles. The average Bonchev–Trinajstić information content (AvgIpc) is 3.42. The molecule has 0 amide bonds. The number of fused-ring (bicyclic) bond motifs is 1. The second-order valence-corrected chi connectivity index (χ2v) is 10.5. The number of likely N-dealkylation sites (tertiary alicyclic amines) is 1. The molecule has 1 aliphatic rings. The molecule has 0 aliphatic carbocycles. The highest BCUT2D eigenvalue weighted by molar-refractivity contribution is 7.81. The minimum absolute atomic E-state index is 0.0424. The van der Waals surface area contributed by atoms with Crippen LogP contribution in [0.3, 0.4) is 0 Å². The second-order valence-electron chi connectivity index (χ2n) is 9.08. The Kier molecular flexibility index (Phi) is 8.26. The topological polar surface area (TPSA) is 65.8 Å². The predicted molar refractivity (Wildman–Crippen MR) is 139 cm³/mol. The molecule has 5 nitrogen and oxygen atoms in total. The van der Waals surface area contributed by atoms with Gasteiger partial charge in [0.05, 0.1) is 19.2 Å². The number of hydrogen-bond acceptors (Lipinski definition) is 7. The first-order valence-electron chi connectivity index (χ1n) is 11.6. The van der Waals surface area contributed by atoms with E-state index in [4.69, 9.17) is 17.0 Å². The number of ether oxygens (including phenoxy) is 1. The normalized spacial score (nSPS) is 17.1. The van der Waals surface area contributed by atoms with Crippen LogP contribution in [0.5, 0.6) is 5.75 Å². The van der Waals surface area contributed by atoms with Crippen molar-refractivity contribution in [2.75, 3.05) is 33.4 Å². The number of aliphatic hydroxyl groups excluding tert-OH is 2. The largest absolute Gasteiger partial charge is 0.497 e. The van der Waals surface area contributed by atoms with Crippen LogP contribution in [-0.4, -0.2) is 58.3 Å². The van der Waals surface area contributed by atoms with Crippen LogP contribution < -0.4 is 4.74 Å². The van der Waals surface area contributed by atoms with Gasteiger partial charge in [0.1, 0.15) is 11.9 Å². The van der Waals surface area contributed by atoms with E-state index in [1.54, 1.807) is 42.8 Å². The van der Waals surface area contributed by atoms with E-state index < -0.39 is 6.17 Å². The molecule has 2 aromatic heterocycles. The molecule has 0 radical (unpaired) electrons. The molecule has 1 fully saturated rings. The van der Waals surface area contributed by atoms with Gasteiger partial charge >= 0.3 is 0 Å². The highest BCUT2D eigenvalue weighted by atomic mass is 32.1. The minimum atomic E-state index is -1.27. The van der Waals surface area contributed by atoms with E-state index in [9.17, 15) is 10.2 Å². The molecule has 0 saturated carbocycles. The number of alkyl halides is 1. The number of thiocarbonyl (C=S) groups is 1. The van der Waals surface area contributed by atoms with Crippen LogP contribution in [0.15, 0.2) is 41.9 Å². The molecule has 3 heterocycles. The lowest BCUT2D eigenvalue weighted by Gasteiger charge is -2.41. The number of halogens is 1. The van der Waals surface area contributed by atoms with Crippen LogP contribution in [0.1, 0.15) is 47.9 Å². The Hall–Kier alpha value is -1.97. The Balaban J connectivity index is 1.43. The summed E-state index contributed by atoms with van der Waals surface area (Å²) in [5.74, 6) is 0.623. The Labute approximate surface area is 209 Å². The molecule has 4 rings (SSSR count). The standard InChI is InChI=1S/C26H31FN2O3S2/c1-32-19-4-5-22-20(13-19)25(18(16-30)14-28-22)21(27)6-7-26(17-31)8-10-29(11-9-26)15-23(33)24-3-2-12-34-24/h2-5,12-14,21,30-31H,6-11,15-17H2,1H3/t21-/m1/s1. The SMILES string of the molecule is COc1ccc2ncc(CO)c([C@H](F)CCC3(CO)CCN(CC(=S)c4cccs4)CC3)c2c1. The molecular weight excluding hydrogens is 471 g/mol. The van der Waals surface area contributed by atoms with E-state index in [1.165, 1.54) is 0 Å². The maximum atomic E-state index is 15.7. The van der Waals surface area contributed by atoms with Crippen LogP contribution in [0.4, 0.5) is 4.39 Å². The first-order valence-corrected chi connectivity index (χ1v) is 12.9. The third-order valence-electron chi connectivity index (χ3n) is 7.03. The number of pyridine rings is 1. The predicted octanol–water partition coefficient (Wildman–Crippen LogP) is 5.08. The number of benzene rings is 1. The van der Waals surface area contributed by atoms with Gasteiger partial charge in [-0.2, -0.15) is 0 Å². The zero-order chi connectivity index (χ0) is 24.1. The molecule has 0 bridgehead atoms. The van der Waals surface area contributed by atoms with Gasteiger partial charge in [0, 0.05) is 45.6 Å². The van der Waals surface area contributed by atoms with Crippen LogP contribution in [0.25, 0.3) is 10.9 Å². The average molecular weight is 503 g/mol. The zero-order valence-corrected chi connectivity index (χ0v) is 21.0. The summed E-state index contributed by atoms with van der Waals surface area (Å²) in [6, 6.07) is 9.44. The number of aromatic nitrogens is 1. The van der Waals surface area contributed by atoms with Gasteiger partial charge < -0.3 is 14.9 Å². The van der Waals surface area contributed by atoms with E-state index >= 15 is 4.39 Å². The fourth-order valence-electron chi connectivity index (χ4n) is 4.82. The van der Waals surface area contributed by atoms with Gasteiger partial charge in [-0.1, -0.05) is 18.3 Å². The third-order valence-corrected chi connectivity index (χ3v) is 8.43. The second kappa shape index (κ2) is 11.2. The molecule has 34 heavy (non-hydrogen) atoms. The quantitative estimate of drug-likeness (QED) is 0.298. The molecule has 0 spiro atoms. The molecule has 1 aromatic carbocycles. The summed E-state index contributed by atoms with van der Waals surface area (Å²) in [5.41, 5.74) is 1.33. The van der Waals surface area contributed by atoms with Crippen molar-refractivity contribution >= 4 is 39.3 Å². The molecular formula is C26H31FN2O3S2. The van der Waals surface area contributed by atoms with Crippen molar-refractivity contribution in [3.63, 3.8) is 0 Å². The van der Waals surface area contributed by atoms with Gasteiger partial charge in [-0.25, -0.2) is 4.39 Å². The van der Waals surface area contributed by atoms with Gasteiger partial charge in [0.25, 0.3) is 0 Å². The Morgan fingerprint density at radius 3 is 2.74 bits per heavy atom. The Bertz CT molecular complexity index is 1110. The molecule has 3 aromatic rings. The molecule has 182 valence electrons. The van der Waals surface area contributed by atoms with E-state index in [0.29, 0.717) is 34.2 Å². The van der Waals surface area contributed by atoms with Crippen molar-refractivity contribution < 1.29 is 19.3 Å². The Morgan fingerprint density at radius 1 is 1.29 bits per heavy atom. The number of hydrogen-bond donors (Lipinski definition) is 2. The van der Waals surface area contributed by atoms with Crippen molar-refractivity contribution in [1.82, 2.24) is 9.88 Å². The van der Waals surface area contributed by atoms with Crippen molar-refractivity contribution in [2.24, 2.45) is 5.41 Å². The summed E-state index contributed by atoms with van der Waals surface area (Å²) in [5, 5.41) is 22.8. The van der Waals surface area contributed by atoms with Gasteiger partial charge in [-0.05, 0) is 73.8 Å². The lowest BCUT2D eigenvalue weighted by Crippen LogP contribution is -2.43. The summed E-state index contributed by atoms with van der Waals surface area (Å²) in [6.45, 7) is 2.18. The highest BCUT2D eigenvalue weighted by Gasteiger charge is 2.35. The van der Waals surface area contributed by atoms with E-state index in [0.717, 1.165) is 42.2 Å². The van der Waals surface area contributed by atoms with Gasteiger partial charge in [-0.15, -0.1) is 11.3 Å². The number of aliphatic hydroxyl groups is 2. The molecule has 1 atom stereocenters. The minimum Gasteiger partial charge on any atom is -0.497 e. The van der Waals surface area contributed by atoms with Crippen LogP contribution in [-0.2, 0) is 6.61 Å². The highest BCUT2D eigenvalue weighted by Crippen LogP contribution is 2.41. The smallest absolute Gasteiger partial charge is 0.126 e. The van der Waals surface area contributed by atoms with Gasteiger partial charge in [0.2, 0.25) is 0 Å². The third kappa shape index (κ3) is 5.47. The fraction of sp³-hybridized carbons (Fsp3) is 0.462. The number of methoxy groups -OCH3 is 1. The van der Waals surface area contributed by atoms with Crippen LogP contribution in [0, 0.1) is 5.41 Å². The number of nitrogens with zero attached hydrogens (tertiary/aromatic N) is 2. The van der Waals surface area contributed by atoms with Crippen LogP contribution >= 0.6 is 23.6 Å². The lowest BCUT2D eigenvalue weighted by molar-refractivity contribution is 0.0351. The van der Waals surface area contributed by atoms with Crippen LogP contribution in [0.2, 0.25) is 0 Å². The Morgan fingerprint density at radius 2 is 2.09 bits per heavy atom. The number of piperidine rings is 1. The number of thiophene rings is 1. The van der Waals surface area contributed by atoms with Gasteiger partial charge in [-0.3, -0.25) is 9.88 Å². The first-order chi connectivity index (χ1) is 16.5. The summed E-state index contributed by atoms with van der Waals surface area (Å²) in [7, 11) is 1.57. The molecule has 1 saturated heterocycles. The summed E-state index contributed by atoms with van der Waals surface area (Å²) >= 11 is 7.26. The van der Waals surface area contributed by atoms with Crippen molar-refractivity contribution in [3.8, 4) is 5.75 Å². The van der Waals surface area contributed by atoms with E-state index in [1.807, 2.05) is 11.4 Å². The monoisotopic (exact) mass is 502 g/mol. The lowest BCUT2D eigenvalue weighted by atomic mass is 9.74. The maximum Gasteiger partial charge on any atom is 0.126 e. The van der Waals surface area contributed by atoms with Crippen molar-refractivity contribution in [1.29, 1.82) is 0 Å². The zero-order valence-electron chi connectivity index (χ0n) is 19.4. The maximum absolute atomic E-state index is 15.7. The summed E-state index contributed by atoms with van der Waals surface area (Å²) < 4.78 is 21.0. The summed E-state index contributed by atoms with van der Waals surface area (Å²) in [4.78, 5) is 8.78. The number of rotatable bonds is 10. The summed E-state index contributed by atoms with van der Waals surface area (Å²) in [6.07, 6.45) is 2.74. The molecule has 2 N–H and O–H groups in total. The van der Waals surface area contributed by atoms with Crippen molar-refractivity contribution in [2.45, 2.75) is 38.5 Å². The molecule has 8 heteroatoms. The first kappa shape index (κ1) is 25.1.